The summed E-state index contributed by atoms with van der Waals surface area (Å²) < 4.78 is 57.2. The summed E-state index contributed by atoms with van der Waals surface area (Å²) in [7, 11) is 0. The summed E-state index contributed by atoms with van der Waals surface area (Å²) in [6, 6.07) is 6.92. The molecule has 0 saturated carbocycles. The molecule has 5 nitrogen and oxygen atoms in total. The Kier molecular flexibility index (Phi) is 5.20. The van der Waals surface area contributed by atoms with Gasteiger partial charge in [0.2, 0.25) is 5.56 Å². The highest BCUT2D eigenvalue weighted by Crippen LogP contribution is 2.55. The van der Waals surface area contributed by atoms with Crippen LogP contribution in [-0.2, 0) is 0 Å². The molecule has 2 aromatic carbocycles. The Balaban J connectivity index is 1.97. The molecule has 0 saturated heterocycles. The molecule has 1 aliphatic carbocycles. The van der Waals surface area contributed by atoms with Gasteiger partial charge in [-0.05, 0) is 55.0 Å². The van der Waals surface area contributed by atoms with Gasteiger partial charge in [0.15, 0.2) is 17.2 Å². The van der Waals surface area contributed by atoms with Crippen molar-refractivity contribution in [1.29, 1.82) is 0 Å². The molecular weight excluding hydrogens is 428 g/mol. The number of aliphatic hydroxyl groups is 1. The molecular formula is C23H22F4N2O3. The minimum Gasteiger partial charge on any atom is -0.505 e. The summed E-state index contributed by atoms with van der Waals surface area (Å²) in [6.45, 7) is 2.97. The number of aromatic amines is 1. The van der Waals surface area contributed by atoms with Crippen molar-refractivity contribution in [2.75, 3.05) is 5.32 Å². The molecule has 0 aliphatic heterocycles. The second kappa shape index (κ2) is 7.51. The lowest BCUT2D eigenvalue weighted by molar-refractivity contribution is -0.272. The van der Waals surface area contributed by atoms with Crippen LogP contribution in [0.2, 0.25) is 0 Å². The van der Waals surface area contributed by atoms with Crippen molar-refractivity contribution >= 4 is 16.6 Å². The number of benzene rings is 2. The second-order valence-electron chi connectivity index (χ2n) is 8.26. The van der Waals surface area contributed by atoms with Gasteiger partial charge in [0, 0.05) is 22.7 Å². The van der Waals surface area contributed by atoms with Gasteiger partial charge in [-0.15, -0.1) is 0 Å². The van der Waals surface area contributed by atoms with Crippen LogP contribution in [-0.4, -0.2) is 27.0 Å². The molecule has 1 aliphatic rings. The number of H-pyrrole nitrogens is 1. The number of aromatic nitrogens is 1. The van der Waals surface area contributed by atoms with Crippen molar-refractivity contribution < 1.29 is 27.8 Å². The van der Waals surface area contributed by atoms with Crippen molar-refractivity contribution in [3.63, 3.8) is 0 Å². The van der Waals surface area contributed by atoms with Crippen LogP contribution in [0.5, 0.6) is 5.75 Å². The van der Waals surface area contributed by atoms with Gasteiger partial charge in [0.1, 0.15) is 0 Å². The average molecular weight is 450 g/mol. The molecule has 4 rings (SSSR count). The molecule has 3 atom stereocenters. The molecule has 0 bridgehead atoms. The molecule has 1 aromatic heterocycles. The fraction of sp³-hybridized carbons (Fsp3) is 0.348. The number of halogens is 4. The van der Waals surface area contributed by atoms with Crippen LogP contribution >= 0.6 is 0 Å². The molecule has 1 heterocycles. The van der Waals surface area contributed by atoms with Crippen molar-refractivity contribution in [3.05, 3.63) is 69.3 Å². The van der Waals surface area contributed by atoms with E-state index in [1.807, 2.05) is 0 Å². The zero-order chi connectivity index (χ0) is 23.4. The molecule has 9 heteroatoms. The van der Waals surface area contributed by atoms with Gasteiger partial charge in [-0.1, -0.05) is 19.1 Å². The highest BCUT2D eigenvalue weighted by atomic mass is 19.4. The van der Waals surface area contributed by atoms with E-state index in [1.165, 1.54) is 31.2 Å². The third-order valence-electron chi connectivity index (χ3n) is 6.30. The average Bonchev–Trinajstić information content (AvgIpc) is 2.72. The molecule has 3 aromatic rings. The van der Waals surface area contributed by atoms with E-state index in [2.05, 4.69) is 10.3 Å². The third kappa shape index (κ3) is 3.31. The quantitative estimate of drug-likeness (QED) is 0.422. The van der Waals surface area contributed by atoms with Crippen LogP contribution in [0.15, 0.2) is 41.2 Å². The first-order valence-electron chi connectivity index (χ1n) is 10.2. The van der Waals surface area contributed by atoms with E-state index in [0.29, 0.717) is 10.9 Å². The first-order valence-corrected chi connectivity index (χ1v) is 10.2. The van der Waals surface area contributed by atoms with Gasteiger partial charge in [-0.2, -0.15) is 13.2 Å². The second-order valence-corrected chi connectivity index (χ2v) is 8.26. The van der Waals surface area contributed by atoms with Crippen molar-refractivity contribution in [1.82, 2.24) is 4.98 Å². The number of nitrogens with one attached hydrogen (secondary N) is 2. The molecule has 0 amide bonds. The summed E-state index contributed by atoms with van der Waals surface area (Å²) in [5.41, 5.74) is -2.88. The predicted octanol–water partition coefficient (Wildman–Crippen LogP) is 5.03. The number of phenolic OH excluding ortho intramolecular Hbond substituents is 1. The Morgan fingerprint density at radius 2 is 1.97 bits per heavy atom. The lowest BCUT2D eigenvalue weighted by Gasteiger charge is -2.46. The molecule has 170 valence electrons. The zero-order valence-corrected chi connectivity index (χ0v) is 17.3. The Hall–Kier alpha value is -3.07. The van der Waals surface area contributed by atoms with Crippen LogP contribution in [0, 0.1) is 12.7 Å². The van der Waals surface area contributed by atoms with Gasteiger partial charge < -0.3 is 20.5 Å². The topological polar surface area (TPSA) is 85.4 Å². The summed E-state index contributed by atoms with van der Waals surface area (Å²) >= 11 is 0. The van der Waals surface area contributed by atoms with E-state index < -0.39 is 41.7 Å². The molecule has 1 unspecified atom stereocenters. The summed E-state index contributed by atoms with van der Waals surface area (Å²) in [4.78, 5) is 14.2. The van der Waals surface area contributed by atoms with Crippen LogP contribution < -0.4 is 10.9 Å². The Morgan fingerprint density at radius 3 is 2.62 bits per heavy atom. The smallest absolute Gasteiger partial charge is 0.419 e. The minimum absolute atomic E-state index is 0.0132. The van der Waals surface area contributed by atoms with E-state index >= 15 is 0 Å². The van der Waals surface area contributed by atoms with E-state index in [4.69, 9.17) is 0 Å². The molecule has 0 spiro atoms. The first kappa shape index (κ1) is 22.1. The van der Waals surface area contributed by atoms with Gasteiger partial charge in [0.25, 0.3) is 0 Å². The molecule has 0 fully saturated rings. The van der Waals surface area contributed by atoms with Gasteiger partial charge in [-0.3, -0.25) is 4.79 Å². The minimum atomic E-state index is -5.01. The summed E-state index contributed by atoms with van der Waals surface area (Å²) in [6.07, 6.45) is -5.58. The number of rotatable bonds is 3. The number of phenols is 1. The monoisotopic (exact) mass is 450 g/mol. The normalized spacial score (nSPS) is 23.2. The van der Waals surface area contributed by atoms with E-state index in [-0.39, 0.29) is 34.4 Å². The van der Waals surface area contributed by atoms with Crippen LogP contribution in [0.25, 0.3) is 10.9 Å². The van der Waals surface area contributed by atoms with Crippen LogP contribution in [0.1, 0.15) is 48.4 Å². The maximum atomic E-state index is 14.5. The molecule has 32 heavy (non-hydrogen) atoms. The van der Waals surface area contributed by atoms with Crippen molar-refractivity contribution in [3.8, 4) is 5.75 Å². The number of hydrogen-bond donors (Lipinski definition) is 4. The number of aromatic hydroxyl groups is 1. The summed E-state index contributed by atoms with van der Waals surface area (Å²) in [5, 5.41) is 24.7. The van der Waals surface area contributed by atoms with E-state index in [9.17, 15) is 32.6 Å². The van der Waals surface area contributed by atoms with Crippen molar-refractivity contribution in [2.45, 2.75) is 50.4 Å². The fourth-order valence-electron chi connectivity index (χ4n) is 4.63. The largest absolute Gasteiger partial charge is 0.505 e. The standard InChI is InChI=1S/C23H22F4N2O3/c1-3-12-10-22(32,23(25,26)27)21(14-9-11(2)19(24)20(31)18(12)14)29-16-6-4-5-15-13(16)7-8-17(30)28-15/h4-9,12,21,29,31-32H,3,10H2,1-2H3,(H,28,30)/t12-,21?,22-/m1/s1. The molecule has 4 N–H and O–H groups in total. The van der Waals surface area contributed by atoms with Gasteiger partial charge in [-0.25, -0.2) is 4.39 Å². The highest BCUT2D eigenvalue weighted by molar-refractivity contribution is 5.91. The van der Waals surface area contributed by atoms with E-state index in [1.54, 1.807) is 19.1 Å². The lowest BCUT2D eigenvalue weighted by Crippen LogP contribution is -2.55. The Morgan fingerprint density at radius 1 is 1.25 bits per heavy atom. The van der Waals surface area contributed by atoms with Gasteiger partial charge >= 0.3 is 6.18 Å². The van der Waals surface area contributed by atoms with Crippen LogP contribution in [0.4, 0.5) is 23.2 Å². The predicted molar refractivity (Wildman–Crippen MR) is 112 cm³/mol. The Bertz CT molecular complexity index is 1250. The summed E-state index contributed by atoms with van der Waals surface area (Å²) in [5.74, 6) is -2.47. The zero-order valence-electron chi connectivity index (χ0n) is 17.3. The number of fused-ring (bicyclic) bond motifs is 2. The maximum absolute atomic E-state index is 14.5. The number of pyridine rings is 1. The first-order chi connectivity index (χ1) is 15.0. The fourth-order valence-corrected chi connectivity index (χ4v) is 4.63. The number of anilines is 1. The number of alkyl halides is 3. The molecule has 0 radical (unpaired) electrons. The Labute approximate surface area is 180 Å². The van der Waals surface area contributed by atoms with Crippen molar-refractivity contribution in [2.24, 2.45) is 0 Å². The van der Waals surface area contributed by atoms with Gasteiger partial charge in [0.05, 0.1) is 11.6 Å². The number of hydrogen-bond acceptors (Lipinski definition) is 4. The number of aryl methyl sites for hydroxylation is 1. The third-order valence-corrected chi connectivity index (χ3v) is 6.30. The lowest BCUT2D eigenvalue weighted by atomic mass is 9.68. The SMILES string of the molecule is CC[C@@H]1C[C@](O)(C(F)(F)F)C(Nc2cccc3[nH]c(=O)ccc23)c2cc(C)c(F)c(O)c21. The maximum Gasteiger partial charge on any atom is 0.419 e. The highest BCUT2D eigenvalue weighted by Gasteiger charge is 2.62. The van der Waals surface area contributed by atoms with Crippen LogP contribution in [0.3, 0.4) is 0 Å². The van der Waals surface area contributed by atoms with E-state index in [0.717, 1.165) is 0 Å².